The lowest BCUT2D eigenvalue weighted by Gasteiger charge is -2.35. The van der Waals surface area contributed by atoms with Crippen molar-refractivity contribution < 1.29 is 47.7 Å². The molecule has 9 rings (SSSR count). The number of rotatable bonds is 14. The summed E-state index contributed by atoms with van der Waals surface area (Å²) in [5.74, 6) is -3.80. The Morgan fingerprint density at radius 3 is 2.32 bits per heavy atom. The van der Waals surface area contributed by atoms with Crippen LogP contribution in [-0.4, -0.2) is 122 Å². The fourth-order valence-corrected chi connectivity index (χ4v) is 9.64. The van der Waals surface area contributed by atoms with Crippen LogP contribution in [0.5, 0.6) is 11.5 Å². The number of carboxylic acids is 1. The van der Waals surface area contributed by atoms with Gasteiger partial charge in [0.15, 0.2) is 6.61 Å². The van der Waals surface area contributed by atoms with Crippen molar-refractivity contribution in [3.63, 3.8) is 0 Å². The van der Waals surface area contributed by atoms with Gasteiger partial charge >= 0.3 is 5.97 Å². The molecule has 2 saturated heterocycles. The van der Waals surface area contributed by atoms with E-state index in [1.54, 1.807) is 27.3 Å². The topological polar surface area (TPSA) is 186 Å². The normalized spacial score (nSPS) is 16.6. The van der Waals surface area contributed by atoms with Crippen LogP contribution in [0.2, 0.25) is 0 Å². The molecule has 1 atom stereocenters. The van der Waals surface area contributed by atoms with Gasteiger partial charge in [0, 0.05) is 80.3 Å². The predicted octanol–water partition coefficient (Wildman–Crippen LogP) is 5.29. The van der Waals surface area contributed by atoms with Crippen LogP contribution in [0, 0.1) is 19.7 Å². The summed E-state index contributed by atoms with van der Waals surface area (Å²) in [5.41, 5.74) is 3.42. The molecule has 0 radical (unpaired) electrons. The van der Waals surface area contributed by atoms with Crippen molar-refractivity contribution in [2.24, 2.45) is 7.05 Å². The van der Waals surface area contributed by atoms with E-state index in [-0.39, 0.29) is 47.9 Å². The van der Waals surface area contributed by atoms with Crippen LogP contribution in [0.1, 0.15) is 67.4 Å². The molecule has 5 amide bonds. The molecule has 340 valence electrons. The van der Waals surface area contributed by atoms with E-state index in [0.29, 0.717) is 85.5 Å². The van der Waals surface area contributed by atoms with Crippen molar-refractivity contribution in [3.8, 4) is 22.6 Å². The number of benzene rings is 4. The van der Waals surface area contributed by atoms with E-state index in [9.17, 15) is 33.9 Å². The van der Waals surface area contributed by atoms with Crippen molar-refractivity contribution in [2.75, 3.05) is 45.9 Å². The van der Waals surface area contributed by atoms with Crippen LogP contribution in [0.4, 0.5) is 4.39 Å². The van der Waals surface area contributed by atoms with Crippen molar-refractivity contribution in [2.45, 2.75) is 52.1 Å². The summed E-state index contributed by atoms with van der Waals surface area (Å²) >= 11 is 0. The molecule has 2 N–H and O–H groups in total. The zero-order chi connectivity index (χ0) is 46.4. The van der Waals surface area contributed by atoms with E-state index >= 15 is 4.39 Å². The number of aromatic nitrogens is 3. The summed E-state index contributed by atoms with van der Waals surface area (Å²) in [6.45, 7) is 5.82. The Bertz CT molecular complexity index is 2980. The number of halogens is 1. The summed E-state index contributed by atoms with van der Waals surface area (Å²) in [6, 6.07) is 20.2. The van der Waals surface area contributed by atoms with Gasteiger partial charge in [-0.2, -0.15) is 5.10 Å². The molecule has 66 heavy (non-hydrogen) atoms. The van der Waals surface area contributed by atoms with Crippen LogP contribution in [-0.2, 0) is 34.4 Å². The summed E-state index contributed by atoms with van der Waals surface area (Å²) in [7, 11) is 1.79. The molecule has 3 aliphatic rings. The number of piperidine rings is 1. The number of ether oxygens (including phenoxy) is 2. The van der Waals surface area contributed by atoms with Gasteiger partial charge in [-0.1, -0.05) is 42.5 Å². The van der Waals surface area contributed by atoms with Crippen LogP contribution >= 0.6 is 0 Å². The SMILES string of the molecule is Cc1nn(C)c(C)c1-c1c(F)ccc2c(CCCOc3cccc4ccccc34)c(C(=O)O)n(CCN3CCN(C(=O)COc4cccc5c4C(=O)N(C4CCC(=O)NC4=O)C5=O)CC3)c12. The summed E-state index contributed by atoms with van der Waals surface area (Å²) in [6.07, 6.45) is 0.860. The van der Waals surface area contributed by atoms with Crippen LogP contribution in [0.3, 0.4) is 0 Å². The highest BCUT2D eigenvalue weighted by Crippen LogP contribution is 2.40. The maximum absolute atomic E-state index is 16.3. The number of hydrogen-bond acceptors (Lipinski definition) is 10. The smallest absolute Gasteiger partial charge is 0.352 e. The highest BCUT2D eigenvalue weighted by molar-refractivity contribution is 6.24. The highest BCUT2D eigenvalue weighted by Gasteiger charge is 2.46. The number of nitrogens with one attached hydrogen (secondary N) is 1. The molecule has 2 aromatic heterocycles. The maximum atomic E-state index is 16.3. The number of piperazine rings is 1. The first kappa shape index (κ1) is 43.8. The molecule has 4 aromatic carbocycles. The zero-order valence-corrected chi connectivity index (χ0v) is 36.8. The van der Waals surface area contributed by atoms with E-state index in [1.807, 2.05) is 56.3 Å². The van der Waals surface area contributed by atoms with Gasteiger partial charge in [0.25, 0.3) is 17.7 Å². The largest absolute Gasteiger partial charge is 0.493 e. The van der Waals surface area contributed by atoms with Gasteiger partial charge in [-0.3, -0.25) is 43.8 Å². The number of imide groups is 2. The number of carboxylic acid groups (broad SMARTS) is 1. The van der Waals surface area contributed by atoms with Crippen LogP contribution in [0.25, 0.3) is 32.8 Å². The third kappa shape index (κ3) is 7.92. The van der Waals surface area contributed by atoms with Crippen molar-refractivity contribution >= 4 is 57.2 Å². The Labute approximate surface area is 378 Å². The number of carbonyl (C=O) groups excluding carboxylic acids is 5. The number of aryl methyl sites for hydroxylation is 3. The molecule has 16 nitrogen and oxygen atoms in total. The van der Waals surface area contributed by atoms with Gasteiger partial charge in [-0.25, -0.2) is 9.18 Å². The van der Waals surface area contributed by atoms with Gasteiger partial charge in [-0.15, -0.1) is 0 Å². The second-order valence-corrected chi connectivity index (χ2v) is 16.8. The maximum Gasteiger partial charge on any atom is 0.352 e. The third-order valence-corrected chi connectivity index (χ3v) is 13.0. The lowest BCUT2D eigenvalue weighted by molar-refractivity contribution is -0.136. The number of fused-ring (bicyclic) bond motifs is 3. The molecule has 0 saturated carbocycles. The number of nitrogens with zero attached hydrogens (tertiary/aromatic N) is 6. The Morgan fingerprint density at radius 2 is 1.58 bits per heavy atom. The van der Waals surface area contributed by atoms with Gasteiger partial charge < -0.3 is 24.0 Å². The monoisotopic (exact) mass is 897 g/mol. The van der Waals surface area contributed by atoms with E-state index < -0.39 is 48.1 Å². The molecule has 0 bridgehead atoms. The van der Waals surface area contributed by atoms with Crippen molar-refractivity contribution in [1.29, 1.82) is 0 Å². The molecular formula is C49H48FN7O9. The number of hydrogen-bond donors (Lipinski definition) is 2. The lowest BCUT2D eigenvalue weighted by Crippen LogP contribution is -2.54. The van der Waals surface area contributed by atoms with E-state index in [2.05, 4.69) is 15.3 Å². The fourth-order valence-electron chi connectivity index (χ4n) is 9.64. The van der Waals surface area contributed by atoms with Crippen molar-refractivity contribution in [3.05, 3.63) is 112 Å². The van der Waals surface area contributed by atoms with Gasteiger partial charge in [-0.05, 0) is 74.4 Å². The van der Waals surface area contributed by atoms with E-state index in [4.69, 9.17) is 9.47 Å². The number of amides is 5. The standard InChI is InChI=1S/C49H48FN7O9/c1-28-41(29(2)53(3)52-28)43-35(50)17-16-33-32(13-8-26-65-37-14-6-10-30-9-4-5-11-31(30)37)45(49(63)64)56(44(33)43)25-22-54-20-23-55(24-21-54)40(59)27-66-38-15-7-12-34-42(38)48(62)57(47(34)61)36-18-19-39(58)51-46(36)60/h4-7,9-12,14-17,36H,8,13,18-27H2,1-3H3,(H,63,64)(H,51,58,60). The first-order valence-corrected chi connectivity index (χ1v) is 22.0. The molecule has 6 aromatic rings. The van der Waals surface area contributed by atoms with Gasteiger partial charge in [0.2, 0.25) is 11.8 Å². The molecule has 0 aliphatic carbocycles. The van der Waals surface area contributed by atoms with E-state index in [0.717, 1.165) is 27.1 Å². The lowest BCUT2D eigenvalue weighted by atomic mass is 9.98. The van der Waals surface area contributed by atoms with Gasteiger partial charge in [0.1, 0.15) is 29.1 Å². The van der Waals surface area contributed by atoms with Crippen LogP contribution in [0.15, 0.2) is 72.8 Å². The van der Waals surface area contributed by atoms with Gasteiger partial charge in [0.05, 0.1) is 28.9 Å². The Hall–Kier alpha value is -7.40. The zero-order valence-electron chi connectivity index (χ0n) is 36.8. The molecular weight excluding hydrogens is 850 g/mol. The molecule has 5 heterocycles. The first-order chi connectivity index (χ1) is 31.8. The first-order valence-electron chi connectivity index (χ1n) is 22.0. The Balaban J connectivity index is 0.900. The Morgan fingerprint density at radius 1 is 0.833 bits per heavy atom. The summed E-state index contributed by atoms with van der Waals surface area (Å²) in [4.78, 5) is 82.4. The minimum Gasteiger partial charge on any atom is -0.493 e. The molecule has 1 unspecified atom stereocenters. The quantitative estimate of drug-likeness (QED) is 0.107. The molecule has 0 spiro atoms. The number of carbonyl (C=O) groups is 6. The number of aromatic carboxylic acids is 1. The van der Waals surface area contributed by atoms with E-state index in [1.165, 1.54) is 24.3 Å². The summed E-state index contributed by atoms with van der Waals surface area (Å²) < 4.78 is 31.8. The van der Waals surface area contributed by atoms with Crippen molar-refractivity contribution in [1.82, 2.24) is 34.4 Å². The summed E-state index contributed by atoms with van der Waals surface area (Å²) in [5, 5.41) is 20.3. The second-order valence-electron chi connectivity index (χ2n) is 16.8. The second kappa shape index (κ2) is 17.9. The van der Waals surface area contributed by atoms with Crippen LogP contribution < -0.4 is 14.8 Å². The average molecular weight is 898 g/mol. The predicted molar refractivity (Wildman–Crippen MR) is 240 cm³/mol. The fraction of sp³-hybridized carbons (Fsp3) is 0.327. The molecule has 3 aliphatic heterocycles. The minimum absolute atomic E-state index is 0.00843. The Kier molecular flexibility index (Phi) is 11.9. The third-order valence-electron chi connectivity index (χ3n) is 13.0. The molecule has 17 heteroatoms. The minimum atomic E-state index is -1.14. The molecule has 2 fully saturated rings. The average Bonchev–Trinajstić information content (AvgIpc) is 3.86. The highest BCUT2D eigenvalue weighted by atomic mass is 19.1.